The lowest BCUT2D eigenvalue weighted by molar-refractivity contribution is 0.00848. The molecule has 0 aliphatic rings. The second-order valence-corrected chi connectivity index (χ2v) is 6.80. The van der Waals surface area contributed by atoms with Crippen molar-refractivity contribution in [1.82, 2.24) is 9.97 Å². The topological polar surface area (TPSA) is 35.0 Å². The van der Waals surface area contributed by atoms with E-state index in [9.17, 15) is 0 Å². The van der Waals surface area contributed by atoms with Gasteiger partial charge in [-0.2, -0.15) is 0 Å². The molecule has 0 bridgehead atoms. The highest BCUT2D eigenvalue weighted by molar-refractivity contribution is 14.1. The van der Waals surface area contributed by atoms with Gasteiger partial charge >= 0.3 is 0 Å². The van der Waals surface area contributed by atoms with Crippen molar-refractivity contribution in [2.75, 3.05) is 7.11 Å². The first-order valence-corrected chi connectivity index (χ1v) is 7.51. The molecule has 0 radical (unpaired) electrons. The molecule has 0 saturated heterocycles. The maximum absolute atomic E-state index is 6.19. The number of aromatic nitrogens is 2. The van der Waals surface area contributed by atoms with Crippen molar-refractivity contribution in [3.05, 3.63) is 20.2 Å². The zero-order valence-electron chi connectivity index (χ0n) is 11.6. The molecule has 3 nitrogen and oxygen atoms in total. The molecule has 0 N–H and O–H groups in total. The highest BCUT2D eigenvalue weighted by Crippen LogP contribution is 2.35. The number of aryl methyl sites for hydroxylation is 1. The Morgan fingerprint density at radius 3 is 2.39 bits per heavy atom. The summed E-state index contributed by atoms with van der Waals surface area (Å²) in [5.41, 5.74) is 0.952. The lowest BCUT2D eigenvalue weighted by Crippen LogP contribution is -2.23. The van der Waals surface area contributed by atoms with E-state index in [0.717, 1.165) is 22.1 Å². The average molecular weight is 383 g/mol. The quantitative estimate of drug-likeness (QED) is 0.571. The fourth-order valence-corrected chi connectivity index (χ4v) is 2.55. The van der Waals surface area contributed by atoms with Crippen LogP contribution in [0.15, 0.2) is 0 Å². The SMILES string of the molecule is CCCc1nc(C(OC)C(C)(C)C)nc(Cl)c1I. The molecule has 1 heterocycles. The van der Waals surface area contributed by atoms with Crippen molar-refractivity contribution < 1.29 is 4.74 Å². The molecule has 1 rings (SSSR count). The van der Waals surface area contributed by atoms with E-state index in [1.165, 1.54) is 0 Å². The van der Waals surface area contributed by atoms with Gasteiger partial charge in [0, 0.05) is 7.11 Å². The van der Waals surface area contributed by atoms with Crippen LogP contribution < -0.4 is 0 Å². The normalized spacial score (nSPS) is 13.7. The minimum absolute atomic E-state index is 0.0612. The van der Waals surface area contributed by atoms with Crippen molar-refractivity contribution in [1.29, 1.82) is 0 Å². The molecular weight excluding hydrogens is 363 g/mol. The highest BCUT2D eigenvalue weighted by atomic mass is 127. The van der Waals surface area contributed by atoms with E-state index in [1.807, 2.05) is 0 Å². The van der Waals surface area contributed by atoms with Crippen LogP contribution in [0.1, 0.15) is 51.7 Å². The molecule has 0 saturated carbocycles. The van der Waals surface area contributed by atoms with Gasteiger partial charge in [0.1, 0.15) is 11.3 Å². The van der Waals surface area contributed by atoms with E-state index in [0.29, 0.717) is 11.0 Å². The number of methoxy groups -OCH3 is 1. The Hall–Kier alpha value is 0.0600. The number of rotatable bonds is 4. The van der Waals surface area contributed by atoms with E-state index >= 15 is 0 Å². The summed E-state index contributed by atoms with van der Waals surface area (Å²) in [5, 5.41) is 0.523. The van der Waals surface area contributed by atoms with Crippen molar-refractivity contribution in [3.63, 3.8) is 0 Å². The zero-order chi connectivity index (χ0) is 13.9. The van der Waals surface area contributed by atoms with Crippen LogP contribution in [0.4, 0.5) is 0 Å². The van der Waals surface area contributed by atoms with E-state index in [4.69, 9.17) is 16.3 Å². The number of nitrogens with zero attached hydrogens (tertiary/aromatic N) is 2. The van der Waals surface area contributed by atoms with E-state index < -0.39 is 0 Å². The molecule has 0 aromatic carbocycles. The van der Waals surface area contributed by atoms with Crippen molar-refractivity contribution in [3.8, 4) is 0 Å². The minimum atomic E-state index is -0.150. The number of hydrogen-bond acceptors (Lipinski definition) is 3. The van der Waals surface area contributed by atoms with Gasteiger partial charge < -0.3 is 4.74 Å². The van der Waals surface area contributed by atoms with Crippen LogP contribution in [0.3, 0.4) is 0 Å². The first-order chi connectivity index (χ1) is 8.31. The third kappa shape index (κ3) is 3.78. The van der Waals surface area contributed by atoms with E-state index in [-0.39, 0.29) is 11.5 Å². The Bertz CT molecular complexity index is 418. The number of ether oxygens (including phenoxy) is 1. The van der Waals surface area contributed by atoms with Crippen LogP contribution in [-0.4, -0.2) is 17.1 Å². The van der Waals surface area contributed by atoms with Gasteiger partial charge in [0.15, 0.2) is 5.82 Å². The van der Waals surface area contributed by atoms with Gasteiger partial charge in [-0.15, -0.1) is 0 Å². The molecule has 0 spiro atoms. The summed E-state index contributed by atoms with van der Waals surface area (Å²) in [6, 6.07) is 0. The maximum atomic E-state index is 6.19. The molecule has 0 amide bonds. The van der Waals surface area contributed by atoms with Crippen LogP contribution >= 0.6 is 34.2 Å². The first kappa shape index (κ1) is 16.1. The number of halogens is 2. The molecule has 0 fully saturated rings. The van der Waals surface area contributed by atoms with Gasteiger partial charge in [0.05, 0.1) is 9.26 Å². The molecule has 1 aromatic rings. The summed E-state index contributed by atoms with van der Waals surface area (Å²) < 4.78 is 6.49. The van der Waals surface area contributed by atoms with Gasteiger partial charge in [-0.25, -0.2) is 9.97 Å². The second-order valence-electron chi connectivity index (χ2n) is 5.37. The lowest BCUT2D eigenvalue weighted by atomic mass is 9.88. The van der Waals surface area contributed by atoms with Crippen molar-refractivity contribution in [2.24, 2.45) is 5.41 Å². The average Bonchev–Trinajstić information content (AvgIpc) is 2.24. The summed E-state index contributed by atoms with van der Waals surface area (Å²) in [6.45, 7) is 8.45. The fourth-order valence-electron chi connectivity index (χ4n) is 1.85. The molecule has 102 valence electrons. The Kier molecular flexibility index (Phi) is 5.80. The monoisotopic (exact) mass is 382 g/mol. The summed E-state index contributed by atoms with van der Waals surface area (Å²) in [5.74, 6) is 0.680. The largest absolute Gasteiger partial charge is 0.373 e. The van der Waals surface area contributed by atoms with Crippen LogP contribution in [0.5, 0.6) is 0 Å². The van der Waals surface area contributed by atoms with Crippen molar-refractivity contribution in [2.45, 2.75) is 46.6 Å². The van der Waals surface area contributed by atoms with Gasteiger partial charge in [-0.05, 0) is 34.4 Å². The molecule has 1 unspecified atom stereocenters. The maximum Gasteiger partial charge on any atom is 0.159 e. The Morgan fingerprint density at radius 1 is 1.33 bits per heavy atom. The zero-order valence-corrected chi connectivity index (χ0v) is 14.5. The van der Waals surface area contributed by atoms with Gasteiger partial charge in [-0.1, -0.05) is 45.7 Å². The smallest absolute Gasteiger partial charge is 0.159 e. The summed E-state index contributed by atoms with van der Waals surface area (Å²) in [7, 11) is 1.69. The van der Waals surface area contributed by atoms with Gasteiger partial charge in [-0.3, -0.25) is 0 Å². The van der Waals surface area contributed by atoms with Crippen molar-refractivity contribution >= 4 is 34.2 Å². The molecule has 0 aliphatic carbocycles. The summed E-state index contributed by atoms with van der Waals surface area (Å²) >= 11 is 8.40. The molecule has 1 aromatic heterocycles. The van der Waals surface area contributed by atoms with Crippen LogP contribution in [-0.2, 0) is 11.2 Å². The Morgan fingerprint density at radius 2 is 1.94 bits per heavy atom. The third-order valence-corrected chi connectivity index (χ3v) is 4.37. The van der Waals surface area contributed by atoms with Gasteiger partial charge in [0.25, 0.3) is 0 Å². The summed E-state index contributed by atoms with van der Waals surface area (Å²) in [6.07, 6.45) is 1.80. The molecule has 0 aliphatic heterocycles. The third-order valence-electron chi connectivity index (χ3n) is 2.64. The molecule has 1 atom stereocenters. The molecule has 18 heavy (non-hydrogen) atoms. The predicted octanol–water partition coefficient (Wildman–Crippen LogP) is 4.42. The van der Waals surface area contributed by atoms with E-state index in [2.05, 4.69) is 60.3 Å². The first-order valence-electron chi connectivity index (χ1n) is 6.05. The second kappa shape index (κ2) is 6.48. The standard InChI is InChI=1S/C13H20ClIN2O/c1-6-7-8-9(15)11(14)17-12(16-8)10(18-5)13(2,3)4/h10H,6-7H2,1-5H3. The lowest BCUT2D eigenvalue weighted by Gasteiger charge is -2.28. The van der Waals surface area contributed by atoms with Crippen LogP contribution in [0, 0.1) is 8.99 Å². The Labute approximate surface area is 128 Å². The predicted molar refractivity (Wildman–Crippen MR) is 83.0 cm³/mol. The highest BCUT2D eigenvalue weighted by Gasteiger charge is 2.29. The van der Waals surface area contributed by atoms with Gasteiger partial charge in [0.2, 0.25) is 0 Å². The van der Waals surface area contributed by atoms with Crippen LogP contribution in [0.25, 0.3) is 0 Å². The molecule has 5 heteroatoms. The molecular formula is C13H20ClIN2O. The minimum Gasteiger partial charge on any atom is -0.373 e. The Balaban J connectivity index is 3.24. The fraction of sp³-hybridized carbons (Fsp3) is 0.692. The summed E-state index contributed by atoms with van der Waals surface area (Å²) in [4.78, 5) is 9.01. The number of hydrogen-bond donors (Lipinski definition) is 0. The van der Waals surface area contributed by atoms with Crippen LogP contribution in [0.2, 0.25) is 5.15 Å². The van der Waals surface area contributed by atoms with E-state index in [1.54, 1.807) is 7.11 Å².